The van der Waals surface area contributed by atoms with Crippen LogP contribution in [-0.4, -0.2) is 32.8 Å². The highest BCUT2D eigenvalue weighted by atomic mass is 16.7. The average Bonchev–Trinajstić information content (AvgIpc) is 3.43. The van der Waals surface area contributed by atoms with Crippen LogP contribution in [0.3, 0.4) is 0 Å². The zero-order valence-corrected chi connectivity index (χ0v) is 16.2. The second-order valence-electron chi connectivity index (χ2n) is 6.98. The lowest BCUT2D eigenvalue weighted by Crippen LogP contribution is -2.39. The molecular weight excluding hydrogens is 376 g/mol. The standard InChI is InChI=1S/C21H22N2O6/c1-26-15-6-4-14(10-17(15)27-2)23-20(25)21(7-8-21)19(24)22-11-13-3-5-16-18(9-13)29-12-28-16/h3-6,9-10H,7-8,11-12H2,1-2H3,(H,22,24)(H,23,25). The first-order valence-electron chi connectivity index (χ1n) is 9.26. The number of fused-ring (bicyclic) bond motifs is 1. The highest BCUT2D eigenvalue weighted by Crippen LogP contribution is 2.47. The molecule has 2 N–H and O–H groups in total. The van der Waals surface area contributed by atoms with Crippen molar-refractivity contribution >= 4 is 17.5 Å². The maximum atomic E-state index is 12.8. The first-order valence-corrected chi connectivity index (χ1v) is 9.26. The van der Waals surface area contributed by atoms with Gasteiger partial charge < -0.3 is 29.6 Å². The van der Waals surface area contributed by atoms with Gasteiger partial charge in [0, 0.05) is 18.3 Å². The Morgan fingerprint density at radius 3 is 2.45 bits per heavy atom. The van der Waals surface area contributed by atoms with Crippen molar-refractivity contribution in [3.63, 3.8) is 0 Å². The van der Waals surface area contributed by atoms with Crippen molar-refractivity contribution in [3.05, 3.63) is 42.0 Å². The van der Waals surface area contributed by atoms with Gasteiger partial charge in [0.1, 0.15) is 5.41 Å². The van der Waals surface area contributed by atoms with Crippen molar-refractivity contribution in [2.24, 2.45) is 5.41 Å². The van der Waals surface area contributed by atoms with Gasteiger partial charge in [0.25, 0.3) is 0 Å². The Balaban J connectivity index is 1.39. The number of carbonyl (C=O) groups is 2. The number of anilines is 1. The molecule has 1 saturated carbocycles. The second-order valence-corrected chi connectivity index (χ2v) is 6.98. The van der Waals surface area contributed by atoms with E-state index in [1.54, 1.807) is 31.4 Å². The number of carbonyl (C=O) groups excluding carboxylic acids is 2. The number of hydrogen-bond acceptors (Lipinski definition) is 6. The number of methoxy groups -OCH3 is 2. The summed E-state index contributed by atoms with van der Waals surface area (Å²) in [4.78, 5) is 25.5. The van der Waals surface area contributed by atoms with Crippen LogP contribution in [0.25, 0.3) is 0 Å². The Morgan fingerprint density at radius 2 is 1.72 bits per heavy atom. The monoisotopic (exact) mass is 398 g/mol. The molecule has 1 fully saturated rings. The molecule has 1 aliphatic carbocycles. The highest BCUT2D eigenvalue weighted by Gasteiger charge is 2.56. The lowest BCUT2D eigenvalue weighted by Gasteiger charge is -2.16. The molecule has 0 atom stereocenters. The van der Waals surface area contributed by atoms with Crippen LogP contribution in [-0.2, 0) is 16.1 Å². The van der Waals surface area contributed by atoms with E-state index in [0.29, 0.717) is 48.1 Å². The minimum atomic E-state index is -1.04. The fraction of sp³-hybridized carbons (Fsp3) is 0.333. The van der Waals surface area contributed by atoms with Crippen LogP contribution in [0.15, 0.2) is 36.4 Å². The van der Waals surface area contributed by atoms with Crippen molar-refractivity contribution in [2.75, 3.05) is 26.3 Å². The van der Waals surface area contributed by atoms with Crippen molar-refractivity contribution in [2.45, 2.75) is 19.4 Å². The largest absolute Gasteiger partial charge is 0.493 e. The minimum Gasteiger partial charge on any atom is -0.493 e. The molecule has 0 saturated heterocycles. The Bertz CT molecular complexity index is 954. The van der Waals surface area contributed by atoms with Gasteiger partial charge in [-0.1, -0.05) is 6.07 Å². The number of hydrogen-bond donors (Lipinski definition) is 2. The van der Waals surface area contributed by atoms with Gasteiger partial charge in [0.05, 0.1) is 14.2 Å². The highest BCUT2D eigenvalue weighted by molar-refractivity contribution is 6.13. The fourth-order valence-corrected chi connectivity index (χ4v) is 3.25. The maximum Gasteiger partial charge on any atom is 0.240 e. The molecule has 2 aromatic carbocycles. The molecule has 0 unspecified atom stereocenters. The molecule has 4 rings (SSSR count). The Labute approximate surface area is 168 Å². The molecule has 0 aromatic heterocycles. The second kappa shape index (κ2) is 7.54. The molecule has 0 radical (unpaired) electrons. The van der Waals surface area contributed by atoms with E-state index in [0.717, 1.165) is 5.56 Å². The summed E-state index contributed by atoms with van der Waals surface area (Å²) in [6.07, 6.45) is 1.03. The molecule has 29 heavy (non-hydrogen) atoms. The maximum absolute atomic E-state index is 12.8. The summed E-state index contributed by atoms with van der Waals surface area (Å²) in [5.41, 5.74) is 0.380. The average molecular weight is 398 g/mol. The fourth-order valence-electron chi connectivity index (χ4n) is 3.25. The smallest absolute Gasteiger partial charge is 0.240 e. The third kappa shape index (κ3) is 3.65. The van der Waals surface area contributed by atoms with E-state index in [1.807, 2.05) is 12.1 Å². The van der Waals surface area contributed by atoms with Gasteiger partial charge >= 0.3 is 0 Å². The molecule has 8 nitrogen and oxygen atoms in total. The molecule has 2 amide bonds. The summed E-state index contributed by atoms with van der Waals surface area (Å²) in [6.45, 7) is 0.505. The number of benzene rings is 2. The van der Waals surface area contributed by atoms with E-state index < -0.39 is 5.41 Å². The molecule has 2 aromatic rings. The van der Waals surface area contributed by atoms with E-state index in [4.69, 9.17) is 18.9 Å². The van der Waals surface area contributed by atoms with Gasteiger partial charge in [-0.15, -0.1) is 0 Å². The number of ether oxygens (including phenoxy) is 4. The van der Waals surface area contributed by atoms with E-state index in [1.165, 1.54) is 7.11 Å². The van der Waals surface area contributed by atoms with Gasteiger partial charge in [-0.05, 0) is 42.7 Å². The summed E-state index contributed by atoms with van der Waals surface area (Å²) >= 11 is 0. The molecule has 152 valence electrons. The van der Waals surface area contributed by atoms with Gasteiger partial charge in [0.2, 0.25) is 18.6 Å². The lowest BCUT2D eigenvalue weighted by atomic mass is 10.0. The van der Waals surface area contributed by atoms with Gasteiger partial charge in [-0.3, -0.25) is 9.59 Å². The van der Waals surface area contributed by atoms with Gasteiger partial charge in [-0.25, -0.2) is 0 Å². The molecule has 0 spiro atoms. The van der Waals surface area contributed by atoms with Crippen LogP contribution < -0.4 is 29.6 Å². The van der Waals surface area contributed by atoms with E-state index in [2.05, 4.69) is 10.6 Å². The van der Waals surface area contributed by atoms with Crippen molar-refractivity contribution in [3.8, 4) is 23.0 Å². The summed E-state index contributed by atoms with van der Waals surface area (Å²) in [6, 6.07) is 10.6. The zero-order valence-electron chi connectivity index (χ0n) is 16.2. The first kappa shape index (κ1) is 18.9. The van der Waals surface area contributed by atoms with Crippen molar-refractivity contribution in [1.29, 1.82) is 0 Å². The van der Waals surface area contributed by atoms with Gasteiger partial charge in [0.15, 0.2) is 23.0 Å². The Morgan fingerprint density at radius 1 is 0.966 bits per heavy atom. The van der Waals surface area contributed by atoms with E-state index in [-0.39, 0.29) is 18.6 Å². The van der Waals surface area contributed by atoms with Crippen LogP contribution in [0.2, 0.25) is 0 Å². The topological polar surface area (TPSA) is 95.1 Å². The minimum absolute atomic E-state index is 0.199. The van der Waals surface area contributed by atoms with E-state index in [9.17, 15) is 9.59 Å². The summed E-state index contributed by atoms with van der Waals surface area (Å²) in [5, 5.41) is 5.67. The van der Waals surface area contributed by atoms with Crippen LogP contribution >= 0.6 is 0 Å². The molecule has 0 bridgehead atoms. The third-order valence-corrected chi connectivity index (χ3v) is 5.15. The molecular formula is C21H22N2O6. The molecule has 8 heteroatoms. The predicted octanol–water partition coefficient (Wildman–Crippen LogP) is 2.47. The van der Waals surface area contributed by atoms with E-state index >= 15 is 0 Å². The Hall–Kier alpha value is -3.42. The molecule has 1 heterocycles. The summed E-state index contributed by atoms with van der Waals surface area (Å²) in [5.74, 6) is 1.80. The Kier molecular flexibility index (Phi) is 4.92. The first-order chi connectivity index (χ1) is 14.1. The normalized spacial score (nSPS) is 15.4. The SMILES string of the molecule is COc1ccc(NC(=O)C2(C(=O)NCc3ccc4c(c3)OCO4)CC2)cc1OC. The van der Waals surface area contributed by atoms with Crippen LogP contribution in [0, 0.1) is 5.41 Å². The number of nitrogens with one attached hydrogen (secondary N) is 2. The van der Waals surface area contributed by atoms with Crippen LogP contribution in [0.1, 0.15) is 18.4 Å². The summed E-state index contributed by atoms with van der Waals surface area (Å²) in [7, 11) is 3.06. The molecule has 1 aliphatic heterocycles. The van der Waals surface area contributed by atoms with Crippen LogP contribution in [0.5, 0.6) is 23.0 Å². The predicted molar refractivity (Wildman–Crippen MR) is 104 cm³/mol. The summed E-state index contributed by atoms with van der Waals surface area (Å²) < 4.78 is 21.1. The molecule has 2 aliphatic rings. The van der Waals surface area contributed by atoms with Crippen molar-refractivity contribution < 1.29 is 28.5 Å². The zero-order chi connectivity index (χ0) is 20.4. The lowest BCUT2D eigenvalue weighted by molar-refractivity contribution is -0.134. The van der Waals surface area contributed by atoms with Gasteiger partial charge in [-0.2, -0.15) is 0 Å². The third-order valence-electron chi connectivity index (χ3n) is 5.15. The van der Waals surface area contributed by atoms with Crippen molar-refractivity contribution in [1.82, 2.24) is 5.32 Å². The quantitative estimate of drug-likeness (QED) is 0.696. The van der Waals surface area contributed by atoms with Crippen LogP contribution in [0.4, 0.5) is 5.69 Å². The number of amides is 2. The number of rotatable bonds is 7.